The number of nitrogens with zero attached hydrogens (tertiary/aromatic N) is 5. The number of rotatable bonds is 5. The van der Waals surface area contributed by atoms with Gasteiger partial charge in [-0.15, -0.1) is 0 Å². The first-order valence-corrected chi connectivity index (χ1v) is 15.1. The summed E-state index contributed by atoms with van der Waals surface area (Å²) < 4.78 is 46.3. The highest BCUT2D eigenvalue weighted by atomic mass is 32.1. The molecule has 1 aliphatic carbocycles. The van der Waals surface area contributed by atoms with Gasteiger partial charge in [-0.3, -0.25) is 14.5 Å². The second kappa shape index (κ2) is 11.9. The first-order valence-electron chi connectivity index (χ1n) is 14.7. The number of amides is 3. The summed E-state index contributed by atoms with van der Waals surface area (Å²) in [4.78, 5) is 46.9. The van der Waals surface area contributed by atoms with E-state index in [1.807, 2.05) is 20.8 Å². The highest BCUT2D eigenvalue weighted by molar-refractivity contribution is 7.81. The van der Waals surface area contributed by atoms with Gasteiger partial charge in [0.2, 0.25) is 0 Å². The van der Waals surface area contributed by atoms with E-state index < -0.39 is 34.5 Å². The van der Waals surface area contributed by atoms with Gasteiger partial charge in [0, 0.05) is 30.9 Å². The van der Waals surface area contributed by atoms with Crippen molar-refractivity contribution in [3.05, 3.63) is 53.3 Å². The Bertz CT molecular complexity index is 1550. The fourth-order valence-electron chi connectivity index (χ4n) is 5.84. The molecule has 3 heterocycles. The van der Waals surface area contributed by atoms with E-state index in [4.69, 9.17) is 22.2 Å². The van der Waals surface area contributed by atoms with Gasteiger partial charge in [0.1, 0.15) is 17.2 Å². The molecule has 2 aliphatic heterocycles. The van der Waals surface area contributed by atoms with Crippen molar-refractivity contribution < 1.29 is 32.3 Å². The SMILES string of the molecule is CC(C)(C)OC(=O)N1CCC(CNC(=O)c2ccc(N3C(=S)N(c4cnc(C#N)c(C(F)(F)F)c4)C(=O)C34CCC4)cc2)CC1. The van der Waals surface area contributed by atoms with Crippen molar-refractivity contribution in [2.75, 3.05) is 29.4 Å². The molecule has 1 aromatic carbocycles. The number of piperidine rings is 1. The van der Waals surface area contributed by atoms with Crippen LogP contribution in [0.2, 0.25) is 0 Å². The quantitative estimate of drug-likeness (QED) is 0.431. The average molecular weight is 643 g/mol. The lowest BCUT2D eigenvalue weighted by molar-refractivity contribution is -0.138. The normalized spacial score (nSPS) is 18.6. The van der Waals surface area contributed by atoms with E-state index >= 15 is 0 Å². The molecule has 0 unspecified atom stereocenters. The number of alkyl halides is 3. The predicted octanol–water partition coefficient (Wildman–Crippen LogP) is 5.41. The van der Waals surface area contributed by atoms with Gasteiger partial charge in [0.25, 0.3) is 11.8 Å². The van der Waals surface area contributed by atoms with Crippen molar-refractivity contribution in [3.63, 3.8) is 0 Å². The van der Waals surface area contributed by atoms with Crippen LogP contribution in [0.5, 0.6) is 0 Å². The number of carbonyl (C=O) groups excluding carboxylic acids is 3. The number of carbonyl (C=O) groups is 3. The largest absolute Gasteiger partial charge is 0.444 e. The van der Waals surface area contributed by atoms with E-state index in [9.17, 15) is 27.6 Å². The van der Waals surface area contributed by atoms with Gasteiger partial charge in [0.15, 0.2) is 10.8 Å². The monoisotopic (exact) mass is 642 g/mol. The number of ether oxygens (including phenoxy) is 1. The topological polar surface area (TPSA) is 119 Å². The van der Waals surface area contributed by atoms with E-state index in [0.29, 0.717) is 43.7 Å². The first-order chi connectivity index (χ1) is 21.1. The molecule has 1 aromatic heterocycles. The maximum absolute atomic E-state index is 13.7. The fourth-order valence-corrected chi connectivity index (χ4v) is 6.30. The summed E-state index contributed by atoms with van der Waals surface area (Å²) in [5, 5.41) is 12.1. The number of halogens is 3. The predicted molar refractivity (Wildman–Crippen MR) is 162 cm³/mol. The highest BCUT2D eigenvalue weighted by Gasteiger charge is 2.59. The number of nitriles is 1. The number of nitrogens with one attached hydrogen (secondary N) is 1. The molecule has 238 valence electrons. The number of aromatic nitrogens is 1. The fraction of sp³-hybridized carbons (Fsp3) is 0.484. The molecule has 1 N–H and O–H groups in total. The Balaban J connectivity index is 1.25. The zero-order valence-electron chi connectivity index (χ0n) is 25.1. The second-order valence-electron chi connectivity index (χ2n) is 12.5. The Kier molecular flexibility index (Phi) is 8.52. The minimum atomic E-state index is -4.85. The summed E-state index contributed by atoms with van der Waals surface area (Å²) in [6.07, 6.45) is -1.04. The van der Waals surface area contributed by atoms with E-state index in [-0.39, 0.29) is 28.7 Å². The van der Waals surface area contributed by atoms with Crippen molar-refractivity contribution in [1.29, 1.82) is 5.26 Å². The van der Waals surface area contributed by atoms with E-state index in [1.54, 1.807) is 34.1 Å². The molecule has 3 aliphatic rings. The number of benzene rings is 1. The molecule has 2 saturated heterocycles. The lowest BCUT2D eigenvalue weighted by Gasteiger charge is -2.43. The maximum Gasteiger partial charge on any atom is 0.419 e. The molecule has 0 bridgehead atoms. The Morgan fingerprint density at radius 2 is 1.78 bits per heavy atom. The van der Waals surface area contributed by atoms with Crippen LogP contribution < -0.4 is 15.1 Å². The number of anilines is 2. The summed E-state index contributed by atoms with van der Waals surface area (Å²) in [6.45, 7) is 7.02. The van der Waals surface area contributed by atoms with Crippen molar-refractivity contribution in [3.8, 4) is 6.07 Å². The molecule has 14 heteroatoms. The Morgan fingerprint density at radius 1 is 1.13 bits per heavy atom. The first kappa shape index (κ1) is 32.2. The van der Waals surface area contributed by atoms with E-state index in [2.05, 4.69) is 10.3 Å². The van der Waals surface area contributed by atoms with E-state index in [0.717, 1.165) is 36.4 Å². The van der Waals surface area contributed by atoms with Crippen LogP contribution in [-0.2, 0) is 15.7 Å². The number of thiocarbonyl (C=S) groups is 1. The molecule has 1 saturated carbocycles. The molecule has 0 radical (unpaired) electrons. The summed E-state index contributed by atoms with van der Waals surface area (Å²) in [7, 11) is 0. The van der Waals surface area contributed by atoms with Crippen LogP contribution in [0.1, 0.15) is 74.5 Å². The van der Waals surface area contributed by atoms with Crippen LogP contribution in [0, 0.1) is 17.2 Å². The van der Waals surface area contributed by atoms with Crippen LogP contribution in [0.4, 0.5) is 29.3 Å². The van der Waals surface area contributed by atoms with Crippen LogP contribution in [0.15, 0.2) is 36.5 Å². The van der Waals surface area contributed by atoms with Crippen LogP contribution in [-0.4, -0.2) is 63.7 Å². The summed E-state index contributed by atoms with van der Waals surface area (Å²) in [6, 6.07) is 8.72. The Labute approximate surface area is 264 Å². The minimum Gasteiger partial charge on any atom is -0.444 e. The molecule has 2 aromatic rings. The molecule has 45 heavy (non-hydrogen) atoms. The van der Waals surface area contributed by atoms with Crippen molar-refractivity contribution in [1.82, 2.24) is 15.2 Å². The van der Waals surface area contributed by atoms with Crippen LogP contribution >= 0.6 is 12.2 Å². The molecule has 5 rings (SSSR count). The number of likely N-dealkylation sites (tertiary alicyclic amines) is 1. The molecular formula is C31H33F3N6O4S. The average Bonchev–Trinajstić information content (AvgIpc) is 3.21. The van der Waals surface area contributed by atoms with Gasteiger partial charge in [-0.1, -0.05) is 0 Å². The number of hydrogen-bond acceptors (Lipinski definition) is 7. The van der Waals surface area contributed by atoms with E-state index in [1.165, 1.54) is 6.07 Å². The third-order valence-corrected chi connectivity index (χ3v) is 8.71. The van der Waals surface area contributed by atoms with Crippen LogP contribution in [0.3, 0.4) is 0 Å². The molecular weight excluding hydrogens is 609 g/mol. The van der Waals surface area contributed by atoms with Gasteiger partial charge in [-0.2, -0.15) is 18.4 Å². The van der Waals surface area contributed by atoms with Crippen molar-refractivity contribution in [2.24, 2.45) is 5.92 Å². The smallest absolute Gasteiger partial charge is 0.419 e. The lowest BCUT2D eigenvalue weighted by Crippen LogP contribution is -2.55. The molecule has 1 spiro atoms. The standard InChI is InChI=1S/C31H33F3N6O4S/c1-29(2,3)44-28(43)38-13-9-19(10-14-38)17-37-25(41)20-5-7-21(8-6-20)40-27(45)39(26(42)30(40)11-4-12-30)22-15-23(31(32,33)34)24(16-35)36-18-22/h5-8,15,18-19H,4,9-14,17H2,1-3H3,(H,37,41). The van der Waals surface area contributed by atoms with Gasteiger partial charge >= 0.3 is 12.3 Å². The minimum absolute atomic E-state index is 0.00532. The molecule has 0 atom stereocenters. The summed E-state index contributed by atoms with van der Waals surface area (Å²) >= 11 is 5.64. The van der Waals surface area contributed by atoms with Crippen molar-refractivity contribution in [2.45, 2.75) is 70.2 Å². The van der Waals surface area contributed by atoms with Gasteiger partial charge in [-0.25, -0.2) is 9.78 Å². The summed E-state index contributed by atoms with van der Waals surface area (Å²) in [5.41, 5.74) is -2.90. The Hall–Kier alpha value is -4.25. The van der Waals surface area contributed by atoms with Crippen molar-refractivity contribution >= 4 is 46.6 Å². The highest BCUT2D eigenvalue weighted by Crippen LogP contribution is 2.48. The van der Waals surface area contributed by atoms with Gasteiger partial charge in [-0.05, 0) is 101 Å². The maximum atomic E-state index is 13.7. The second-order valence-corrected chi connectivity index (χ2v) is 12.9. The third kappa shape index (κ3) is 6.31. The zero-order valence-corrected chi connectivity index (χ0v) is 25.9. The lowest BCUT2D eigenvalue weighted by atomic mass is 9.75. The van der Waals surface area contributed by atoms with Gasteiger partial charge < -0.3 is 19.9 Å². The number of hydrogen-bond donors (Lipinski definition) is 1. The third-order valence-electron chi connectivity index (χ3n) is 8.34. The Morgan fingerprint density at radius 3 is 2.31 bits per heavy atom. The van der Waals surface area contributed by atoms with Gasteiger partial charge in [0.05, 0.1) is 17.4 Å². The zero-order chi connectivity index (χ0) is 32.7. The number of pyridine rings is 1. The molecule has 3 amide bonds. The van der Waals surface area contributed by atoms with Crippen LogP contribution in [0.25, 0.3) is 0 Å². The summed E-state index contributed by atoms with van der Waals surface area (Å²) in [5.74, 6) is -0.531. The molecule has 3 fully saturated rings. The molecule has 10 nitrogen and oxygen atoms in total.